The molecule has 3 N–H and O–H groups in total. The largest absolute Gasteiger partial charge is 0.408 e. The molecule has 4 aliphatic rings. The lowest BCUT2D eigenvalue weighted by atomic mass is 9.87. The summed E-state index contributed by atoms with van der Waals surface area (Å²) >= 11 is 0. The Labute approximate surface area is 435 Å². The van der Waals surface area contributed by atoms with E-state index in [9.17, 15) is 15.3 Å². The van der Waals surface area contributed by atoms with Gasteiger partial charge in [0, 0.05) is 0 Å². The second-order valence-corrected chi connectivity index (χ2v) is 51.2. The number of hydrogen-bond acceptors (Lipinski definition) is 14. The van der Waals surface area contributed by atoms with Crippen molar-refractivity contribution >= 4 is 53.4 Å². The molecule has 4 heterocycles. The lowest BCUT2D eigenvalue weighted by Crippen LogP contribution is -2.69. The number of rotatable bonds is 14. The summed E-state index contributed by atoms with van der Waals surface area (Å²) in [5, 5.41) is 31.1. The summed E-state index contributed by atoms with van der Waals surface area (Å²) in [7, 11) is -9.54. The molecular weight excluding hydrogens is 989 g/mol. The molecule has 0 aromatic heterocycles. The Bertz CT molecular complexity index is 1720. The maximum absolute atomic E-state index is 10.4. The number of ether oxygens (including phenoxy) is 4. The summed E-state index contributed by atoms with van der Waals surface area (Å²) in [6, 6.07) is 0. The fourth-order valence-electron chi connectivity index (χ4n) is 8.05. The second kappa shape index (κ2) is 27.3. The van der Waals surface area contributed by atoms with E-state index in [1.165, 1.54) is 0 Å². The molecule has 0 aromatic rings. The Hall–Kier alpha value is -1.08. The first-order valence-corrected chi connectivity index (χ1v) is 42.0. The van der Waals surface area contributed by atoms with Gasteiger partial charge in [-0.2, -0.15) is 19.2 Å². The van der Waals surface area contributed by atoms with Gasteiger partial charge >= 0.3 is 12.3 Å². The number of aliphatic hydroxyl groups is 3. The third-order valence-electron chi connectivity index (χ3n) is 15.5. The molecule has 0 aliphatic carbocycles. The third-order valence-corrected chi connectivity index (χ3v) is 31.3. The molecule has 19 heteroatoms. The van der Waals surface area contributed by atoms with E-state index in [1.807, 2.05) is 12.6 Å². The average Bonchev–Trinajstić information content (AvgIpc) is 3.22. The number of hydrogen-bond donors (Lipinski definition) is 3. The van der Waals surface area contributed by atoms with E-state index in [0.29, 0.717) is 0 Å². The predicted molar refractivity (Wildman–Crippen MR) is 293 cm³/mol. The maximum atomic E-state index is 10.4. The molecular formula is C52H102O14Si5. The van der Waals surface area contributed by atoms with Crippen LogP contribution in [-0.2, 0) is 51.4 Å². The normalized spacial score (nSPS) is 31.0. The van der Waals surface area contributed by atoms with Crippen molar-refractivity contribution in [3.63, 3.8) is 0 Å². The molecule has 4 rings (SSSR count). The van der Waals surface area contributed by atoms with Crippen LogP contribution in [0.3, 0.4) is 0 Å². The zero-order valence-corrected chi connectivity index (χ0v) is 53.5. The van der Waals surface area contributed by atoms with Crippen LogP contribution < -0.4 is 0 Å². The smallest absolute Gasteiger partial charge is 0.373 e. The quantitative estimate of drug-likeness (QED) is 0.139. The first kappa shape index (κ1) is 67.9. The molecule has 14 nitrogen and oxygen atoms in total. The van der Waals surface area contributed by atoms with Crippen LogP contribution in [0.15, 0.2) is 23.6 Å². The molecule has 0 saturated carbocycles. The van der Waals surface area contributed by atoms with E-state index >= 15 is 0 Å². The molecule has 4 saturated heterocycles. The molecule has 414 valence electrons. The second-order valence-electron chi connectivity index (χ2n) is 26.8. The minimum Gasteiger partial charge on any atom is -0.408 e. The van der Waals surface area contributed by atoms with E-state index in [2.05, 4.69) is 160 Å². The molecule has 71 heavy (non-hydrogen) atoms. The van der Waals surface area contributed by atoms with Gasteiger partial charge in [0.05, 0.1) is 46.7 Å². The van der Waals surface area contributed by atoms with Crippen molar-refractivity contribution in [3.8, 4) is 0 Å². The van der Waals surface area contributed by atoms with Gasteiger partial charge in [-0.05, 0) is 92.9 Å². The third kappa shape index (κ3) is 20.4. The summed E-state index contributed by atoms with van der Waals surface area (Å²) in [5.74, 6) is 0. The SMILES string of the molecule is CC[C@H]1CC[C@@H]2O[C@@H]([C@@H](O)/C=C/[Si](C)(C)C)[C@@H](O)[C@@H](O)[C@H]2O1.CC[C@H]1CC[C@@H]2O[C@@H]([C@H](/C=C/[Si](C)(C)C)O[Si](C)(C)C(C)(C)C)[C@@H](O[Si](C)(C)C(C)(C)C)[C@@H](O[Si](C)(C)C(C)(C)C)[C@H]2O1.O=C=O.O=C=O. The number of fused-ring (bicyclic) bond motifs is 2. The predicted octanol–water partition coefficient (Wildman–Crippen LogP) is 10.4. The van der Waals surface area contributed by atoms with Gasteiger partial charge in [0.1, 0.15) is 54.9 Å². The van der Waals surface area contributed by atoms with Crippen molar-refractivity contribution < 1.29 is 66.7 Å². The number of aliphatic hydroxyl groups excluding tert-OH is 3. The maximum Gasteiger partial charge on any atom is 0.373 e. The summed E-state index contributed by atoms with van der Waals surface area (Å²) in [4.78, 5) is 32.5. The van der Waals surface area contributed by atoms with Crippen LogP contribution in [0, 0.1) is 0 Å². The topological polar surface area (TPSA) is 194 Å². The van der Waals surface area contributed by atoms with Gasteiger partial charge in [-0.3, -0.25) is 0 Å². The van der Waals surface area contributed by atoms with Gasteiger partial charge in [0.2, 0.25) is 0 Å². The molecule has 0 radical (unpaired) electrons. The molecule has 4 aliphatic heterocycles. The molecule has 0 unspecified atom stereocenters. The minimum atomic E-state index is -2.24. The highest BCUT2D eigenvalue weighted by atomic mass is 28.4. The lowest BCUT2D eigenvalue weighted by Gasteiger charge is -2.56. The average molecular weight is 1090 g/mol. The molecule has 0 spiro atoms. The van der Waals surface area contributed by atoms with Gasteiger partial charge < -0.3 is 47.5 Å². The summed E-state index contributed by atoms with van der Waals surface area (Å²) < 4.78 is 48.2. The Morgan fingerprint density at radius 3 is 1.30 bits per heavy atom. The van der Waals surface area contributed by atoms with E-state index in [-0.39, 0.29) is 82.4 Å². The standard InChI is InChI=1S/C34H72O5Si4.C16H30O5Si.2CO2/c1-20-25-21-22-26-28(35-25)30(38-42(16,17)33(5,6)7)31(39-43(18,19)34(8,9)10)29(36-26)27(23-24-40(11,12)13)37-41(14,15)32(2,3)4;1-5-10-6-7-12-16(20-10)14(19)13(18)15(21-12)11(17)8-9-22(2,3)4;2*2-1-3/h23-31H,20-22H2,1-19H3;8-19H,5-7H2,1-4H3;;/b24-23+;9-8+;;/t25-,26-,27-,28-,29-,30-,31+;10-,11-,12-,13-,14+,15-,16-;;/m00../s1. The summed E-state index contributed by atoms with van der Waals surface area (Å²) in [6.07, 6.45) is 4.65. The molecule has 0 amide bonds. The lowest BCUT2D eigenvalue weighted by molar-refractivity contribution is -0.274. The van der Waals surface area contributed by atoms with E-state index < -0.39 is 71.6 Å². The highest BCUT2D eigenvalue weighted by Crippen LogP contribution is 2.47. The van der Waals surface area contributed by atoms with Crippen LogP contribution >= 0.6 is 0 Å². The molecule has 0 aromatic carbocycles. The van der Waals surface area contributed by atoms with Gasteiger partial charge in [-0.15, -0.1) is 0 Å². The fourth-order valence-corrected chi connectivity index (χ4v) is 13.4. The molecule has 14 atom stereocenters. The first-order valence-electron chi connectivity index (χ1n) is 26.2. The Morgan fingerprint density at radius 2 is 0.901 bits per heavy atom. The van der Waals surface area contributed by atoms with Crippen molar-refractivity contribution in [3.05, 3.63) is 23.6 Å². The molecule has 4 fully saturated rings. The van der Waals surface area contributed by atoms with Gasteiger partial charge in [0.25, 0.3) is 0 Å². The Morgan fingerprint density at radius 1 is 0.535 bits per heavy atom. The Kier molecular flexibility index (Phi) is 26.1. The minimum absolute atomic E-state index is 0.0346. The van der Waals surface area contributed by atoms with Crippen molar-refractivity contribution in [2.45, 2.75) is 294 Å². The first-order chi connectivity index (χ1) is 32.1. The van der Waals surface area contributed by atoms with Crippen LogP contribution in [0.5, 0.6) is 0 Å². The summed E-state index contributed by atoms with van der Waals surface area (Å²) in [6.45, 7) is 53.0. The summed E-state index contributed by atoms with van der Waals surface area (Å²) in [5.41, 5.74) is 4.47. The van der Waals surface area contributed by atoms with Crippen LogP contribution in [0.25, 0.3) is 0 Å². The zero-order valence-electron chi connectivity index (χ0n) is 48.5. The van der Waals surface area contributed by atoms with Crippen molar-refractivity contribution in [1.82, 2.24) is 0 Å². The van der Waals surface area contributed by atoms with Gasteiger partial charge in [0.15, 0.2) is 25.0 Å². The van der Waals surface area contributed by atoms with E-state index in [4.69, 9.17) is 51.4 Å². The monoisotopic (exact) mass is 1090 g/mol. The fraction of sp³-hybridized carbons (Fsp3) is 0.885. The highest BCUT2D eigenvalue weighted by Gasteiger charge is 2.58. The number of carbonyl (C=O) groups excluding carboxylic acids is 4. The van der Waals surface area contributed by atoms with E-state index in [0.717, 1.165) is 38.5 Å². The van der Waals surface area contributed by atoms with E-state index in [1.54, 1.807) is 6.08 Å². The van der Waals surface area contributed by atoms with Crippen LogP contribution in [0.4, 0.5) is 0 Å². The van der Waals surface area contributed by atoms with Crippen LogP contribution in [-0.4, -0.2) is 154 Å². The Balaban J connectivity index is 0.000000745. The zero-order chi connectivity index (χ0) is 55.5. The van der Waals surface area contributed by atoms with Crippen molar-refractivity contribution in [1.29, 1.82) is 0 Å². The van der Waals surface area contributed by atoms with Crippen LogP contribution in [0.2, 0.25) is 93.7 Å². The molecule has 0 bridgehead atoms. The van der Waals surface area contributed by atoms with Crippen LogP contribution in [0.1, 0.15) is 115 Å². The van der Waals surface area contributed by atoms with Crippen molar-refractivity contribution in [2.24, 2.45) is 0 Å². The van der Waals surface area contributed by atoms with Crippen molar-refractivity contribution in [2.75, 3.05) is 0 Å². The van der Waals surface area contributed by atoms with Gasteiger partial charge in [-0.25, -0.2) is 0 Å². The van der Waals surface area contributed by atoms with Gasteiger partial charge in [-0.1, -0.05) is 139 Å². The highest BCUT2D eigenvalue weighted by molar-refractivity contribution is 6.81.